The van der Waals surface area contributed by atoms with Crippen molar-refractivity contribution in [2.75, 3.05) is 20.1 Å². The average molecular weight is 278 g/mol. The molecule has 1 N–H and O–H groups in total. The number of hydrogen-bond acceptors (Lipinski definition) is 3. The zero-order valence-electron chi connectivity index (χ0n) is 13.5. The third kappa shape index (κ3) is 3.07. The minimum Gasteiger partial charge on any atom is -0.315 e. The van der Waals surface area contributed by atoms with Crippen molar-refractivity contribution in [1.82, 2.24) is 20.0 Å². The van der Waals surface area contributed by atoms with E-state index in [1.807, 2.05) is 10.9 Å². The molecule has 0 aromatic carbocycles. The van der Waals surface area contributed by atoms with Crippen LogP contribution in [0.25, 0.3) is 0 Å². The minimum atomic E-state index is 0.236. The van der Waals surface area contributed by atoms with Crippen LogP contribution in [0, 0.1) is 0 Å². The van der Waals surface area contributed by atoms with Crippen molar-refractivity contribution in [3.05, 3.63) is 18.0 Å². The first-order valence-corrected chi connectivity index (χ1v) is 8.07. The quantitative estimate of drug-likeness (QED) is 0.831. The lowest BCUT2D eigenvalue weighted by Crippen LogP contribution is -2.58. The number of rotatable bonds is 7. The Kier molecular flexibility index (Phi) is 5.22. The van der Waals surface area contributed by atoms with E-state index in [0.29, 0.717) is 6.04 Å². The summed E-state index contributed by atoms with van der Waals surface area (Å²) in [5.41, 5.74) is 1.57. The number of nitrogens with one attached hydrogen (secondary N) is 1. The van der Waals surface area contributed by atoms with Gasteiger partial charge in [-0.3, -0.25) is 9.58 Å². The summed E-state index contributed by atoms with van der Waals surface area (Å²) in [5, 5.41) is 7.97. The molecule has 4 nitrogen and oxygen atoms in total. The molecule has 1 fully saturated rings. The van der Waals surface area contributed by atoms with Crippen LogP contribution in [0.5, 0.6) is 0 Å². The van der Waals surface area contributed by atoms with Crippen LogP contribution in [0.4, 0.5) is 0 Å². The Morgan fingerprint density at radius 2 is 2.05 bits per heavy atom. The highest BCUT2D eigenvalue weighted by atomic mass is 15.3. The van der Waals surface area contributed by atoms with Crippen molar-refractivity contribution >= 4 is 0 Å². The second-order valence-corrected chi connectivity index (χ2v) is 6.15. The minimum absolute atomic E-state index is 0.236. The number of nitrogens with zero attached hydrogens (tertiary/aromatic N) is 3. The molecule has 20 heavy (non-hydrogen) atoms. The Hall–Kier alpha value is -0.870. The van der Waals surface area contributed by atoms with Gasteiger partial charge in [-0.2, -0.15) is 5.10 Å². The lowest BCUT2D eigenvalue weighted by Gasteiger charge is -2.44. The predicted molar refractivity (Wildman–Crippen MR) is 84.0 cm³/mol. The molecule has 0 spiro atoms. The molecule has 2 heterocycles. The van der Waals surface area contributed by atoms with Crippen LogP contribution in [0.3, 0.4) is 0 Å². The molecule has 0 amide bonds. The van der Waals surface area contributed by atoms with E-state index in [1.165, 1.54) is 37.9 Å². The van der Waals surface area contributed by atoms with Gasteiger partial charge in [-0.25, -0.2) is 0 Å². The monoisotopic (exact) mass is 278 g/mol. The fourth-order valence-electron chi connectivity index (χ4n) is 3.47. The van der Waals surface area contributed by atoms with E-state index >= 15 is 0 Å². The predicted octanol–water partition coefficient (Wildman–Crippen LogP) is 2.30. The average Bonchev–Trinajstić information content (AvgIpc) is 3.15. The van der Waals surface area contributed by atoms with Gasteiger partial charge in [0.05, 0.1) is 6.20 Å². The van der Waals surface area contributed by atoms with E-state index in [0.717, 1.165) is 13.0 Å². The SMILES string of the molecule is CCn1cc(CC(NC)C(C)(CC)N2CCCC2)cn1. The van der Waals surface area contributed by atoms with Gasteiger partial charge in [0.2, 0.25) is 0 Å². The highest BCUT2D eigenvalue weighted by Gasteiger charge is 2.38. The molecule has 0 saturated carbocycles. The van der Waals surface area contributed by atoms with Gasteiger partial charge in [0.15, 0.2) is 0 Å². The standard InChI is InChI=1S/C16H30N4/c1-5-16(3,19-9-7-8-10-19)15(17-4)11-14-12-18-20(6-2)13-14/h12-13,15,17H,5-11H2,1-4H3. The van der Waals surface area contributed by atoms with Crippen LogP contribution < -0.4 is 5.32 Å². The normalized spacial score (nSPS) is 21.0. The highest BCUT2D eigenvalue weighted by molar-refractivity contribution is 5.10. The van der Waals surface area contributed by atoms with E-state index in [2.05, 4.69) is 49.3 Å². The Labute approximate surface area is 123 Å². The summed E-state index contributed by atoms with van der Waals surface area (Å²) in [5.74, 6) is 0. The number of aryl methyl sites for hydroxylation is 1. The first-order valence-electron chi connectivity index (χ1n) is 8.07. The van der Waals surface area contributed by atoms with Crippen molar-refractivity contribution < 1.29 is 0 Å². The largest absolute Gasteiger partial charge is 0.315 e. The number of hydrogen-bond donors (Lipinski definition) is 1. The maximum Gasteiger partial charge on any atom is 0.0522 e. The van der Waals surface area contributed by atoms with Gasteiger partial charge in [-0.05, 0) is 65.2 Å². The van der Waals surface area contributed by atoms with Gasteiger partial charge in [-0.15, -0.1) is 0 Å². The molecule has 0 bridgehead atoms. The molecule has 2 rings (SSSR count). The van der Waals surface area contributed by atoms with Gasteiger partial charge in [-0.1, -0.05) is 6.92 Å². The Bertz CT molecular complexity index is 408. The van der Waals surface area contributed by atoms with Crippen LogP contribution in [0.1, 0.15) is 45.6 Å². The molecule has 1 saturated heterocycles. The second-order valence-electron chi connectivity index (χ2n) is 6.15. The molecule has 1 aliphatic rings. The summed E-state index contributed by atoms with van der Waals surface area (Å²) in [6.07, 6.45) is 9.13. The van der Waals surface area contributed by atoms with Crippen molar-refractivity contribution in [3.8, 4) is 0 Å². The zero-order valence-corrected chi connectivity index (χ0v) is 13.5. The topological polar surface area (TPSA) is 33.1 Å². The lowest BCUT2D eigenvalue weighted by atomic mass is 9.84. The summed E-state index contributed by atoms with van der Waals surface area (Å²) in [4.78, 5) is 2.68. The number of likely N-dealkylation sites (N-methyl/N-ethyl adjacent to an activating group) is 1. The Balaban J connectivity index is 2.11. The van der Waals surface area contributed by atoms with Crippen LogP contribution >= 0.6 is 0 Å². The van der Waals surface area contributed by atoms with E-state index in [4.69, 9.17) is 0 Å². The van der Waals surface area contributed by atoms with Crippen LogP contribution in [0.2, 0.25) is 0 Å². The molecular formula is C16H30N4. The van der Waals surface area contributed by atoms with Gasteiger partial charge >= 0.3 is 0 Å². The van der Waals surface area contributed by atoms with Gasteiger partial charge < -0.3 is 5.32 Å². The van der Waals surface area contributed by atoms with Gasteiger partial charge in [0.25, 0.3) is 0 Å². The maximum absolute atomic E-state index is 4.40. The third-order valence-electron chi connectivity index (χ3n) is 5.09. The zero-order chi connectivity index (χ0) is 14.6. The lowest BCUT2D eigenvalue weighted by molar-refractivity contribution is 0.0873. The maximum atomic E-state index is 4.40. The second kappa shape index (κ2) is 6.72. The van der Waals surface area contributed by atoms with Crippen LogP contribution in [-0.2, 0) is 13.0 Å². The smallest absolute Gasteiger partial charge is 0.0522 e. The molecule has 1 aromatic heterocycles. The molecule has 2 atom stereocenters. The van der Waals surface area contributed by atoms with E-state index < -0.39 is 0 Å². The Morgan fingerprint density at radius 1 is 1.35 bits per heavy atom. The van der Waals surface area contributed by atoms with Gasteiger partial charge in [0, 0.05) is 24.3 Å². The van der Waals surface area contributed by atoms with Crippen molar-refractivity contribution in [3.63, 3.8) is 0 Å². The van der Waals surface area contributed by atoms with E-state index in [1.54, 1.807) is 0 Å². The van der Waals surface area contributed by atoms with Crippen molar-refractivity contribution in [1.29, 1.82) is 0 Å². The number of aromatic nitrogens is 2. The fourth-order valence-corrected chi connectivity index (χ4v) is 3.47. The van der Waals surface area contributed by atoms with Crippen molar-refractivity contribution in [2.24, 2.45) is 0 Å². The fraction of sp³-hybridized carbons (Fsp3) is 0.812. The van der Waals surface area contributed by atoms with Crippen molar-refractivity contribution in [2.45, 2.75) is 64.6 Å². The molecule has 4 heteroatoms. The molecule has 2 unspecified atom stereocenters. The molecule has 1 aliphatic heterocycles. The number of likely N-dealkylation sites (tertiary alicyclic amines) is 1. The molecule has 0 radical (unpaired) electrons. The summed E-state index contributed by atoms with van der Waals surface area (Å²) < 4.78 is 2.02. The summed E-state index contributed by atoms with van der Waals surface area (Å²) in [6, 6.07) is 0.472. The van der Waals surface area contributed by atoms with Gasteiger partial charge in [0.1, 0.15) is 0 Å². The van der Waals surface area contributed by atoms with Crippen LogP contribution in [0.15, 0.2) is 12.4 Å². The summed E-state index contributed by atoms with van der Waals surface area (Å²) in [6.45, 7) is 10.3. The molecular weight excluding hydrogens is 248 g/mol. The first kappa shape index (κ1) is 15.5. The molecule has 114 valence electrons. The van der Waals surface area contributed by atoms with E-state index in [-0.39, 0.29) is 5.54 Å². The van der Waals surface area contributed by atoms with Crippen LogP contribution in [-0.4, -0.2) is 46.4 Å². The summed E-state index contributed by atoms with van der Waals surface area (Å²) >= 11 is 0. The highest BCUT2D eigenvalue weighted by Crippen LogP contribution is 2.29. The first-order chi connectivity index (χ1) is 9.63. The Morgan fingerprint density at radius 3 is 2.55 bits per heavy atom. The van der Waals surface area contributed by atoms with E-state index in [9.17, 15) is 0 Å². The third-order valence-corrected chi connectivity index (χ3v) is 5.09. The summed E-state index contributed by atoms with van der Waals surface area (Å²) in [7, 11) is 2.10. The molecule has 1 aromatic rings. The molecule has 0 aliphatic carbocycles.